The van der Waals surface area contributed by atoms with Gasteiger partial charge in [-0.15, -0.1) is 0 Å². The molecule has 0 spiro atoms. The van der Waals surface area contributed by atoms with E-state index < -0.39 is 147 Å². The third-order valence-electron chi connectivity index (χ3n) is 19.4. The number of hydrogen-bond acceptors (Lipinski definition) is 23. The number of amides is 1. The van der Waals surface area contributed by atoms with Gasteiger partial charge in [0.15, 0.2) is 31.3 Å². The van der Waals surface area contributed by atoms with Crippen molar-refractivity contribution in [2.24, 2.45) is 5.11 Å². The van der Waals surface area contributed by atoms with E-state index >= 15 is 0 Å². The van der Waals surface area contributed by atoms with E-state index in [0.29, 0.717) is 38.0 Å². The maximum Gasteiger partial charge on any atom is 0.411 e. The molecular weight excluding hydrogens is 1510 g/mol. The highest BCUT2D eigenvalue weighted by Gasteiger charge is 2.58. The van der Waals surface area contributed by atoms with Gasteiger partial charge < -0.3 is 80.5 Å². The molecule has 4 saturated heterocycles. The molecule has 1 amide bonds. The van der Waals surface area contributed by atoms with Crippen LogP contribution in [0.25, 0.3) is 10.4 Å². The summed E-state index contributed by atoms with van der Waals surface area (Å²) in [7, 11) is 0. The summed E-state index contributed by atoms with van der Waals surface area (Å²) in [5.74, 6) is -2.73. The predicted octanol–water partition coefficient (Wildman–Crippen LogP) is 14.8. The zero-order valence-corrected chi connectivity index (χ0v) is 64.6. The number of nitrogens with zero attached hydrogens (tertiary/aromatic N) is 3. The summed E-state index contributed by atoms with van der Waals surface area (Å²) in [6, 6.07) is 64.3. The second-order valence-corrected chi connectivity index (χ2v) is 28.6. The van der Waals surface area contributed by atoms with Gasteiger partial charge in [0.05, 0.1) is 63.0 Å². The van der Waals surface area contributed by atoms with Gasteiger partial charge in [0.2, 0.25) is 0 Å². The molecule has 4 aliphatic heterocycles. The molecule has 4 aliphatic rings. The Morgan fingerprint density at radius 2 is 0.877 bits per heavy atom. The number of anilines is 1. The minimum atomic E-state index is -1.81. The van der Waals surface area contributed by atoms with E-state index in [9.17, 15) is 29.5 Å². The normalized spacial score (nSPS) is 26.0. The summed E-state index contributed by atoms with van der Waals surface area (Å²) in [6.07, 6.45) is -22.7. The summed E-state index contributed by atoms with van der Waals surface area (Å²) < 4.78 is 114. The van der Waals surface area contributed by atoms with Crippen LogP contribution in [0.2, 0.25) is 10.0 Å². The molecule has 114 heavy (non-hydrogen) atoms. The molecule has 18 atom stereocenters. The Morgan fingerprint density at radius 1 is 0.430 bits per heavy atom. The SMILES string of the molecule is CC(=O)OC[C@H]1O[C@@H](O[C@@H]2[C@@H](N=[N+]=[N-])[C@@H](OCCc3ccc(NC(=O)OCc4ccccc4)cc3)O[C@H](COCc3ccccc3)[C@H]2O[C@@H]2O[C@@H](C)[C@@H](OC(=O)c3ccccc3)C[C@@H]2OCc2ccc(Cl)cc2)[C@H](O[C@@H]2O[C@@H](C)[C@@H](OC(=O)c3ccccc3)C[C@@H]2OCc2ccc(Cl)cc2)[C@@H](OCc2ccccc2)[C@H]1OC(C)=O. The second kappa shape index (κ2) is 42.1. The average molecular weight is 1600 g/mol. The number of halogens is 2. The number of benzene rings is 8. The number of nitrogens with one attached hydrogen (secondary N) is 1. The zero-order chi connectivity index (χ0) is 79.7. The molecule has 8 aromatic rings. The van der Waals surface area contributed by atoms with E-state index in [1.54, 1.807) is 147 Å². The fraction of sp³-hybridized carbons (Fsp3) is 0.384. The first-order valence-corrected chi connectivity index (χ1v) is 38.3. The molecule has 0 aromatic heterocycles. The minimum absolute atomic E-state index is 0.00809. The van der Waals surface area contributed by atoms with Crippen LogP contribution in [0.4, 0.5) is 10.5 Å². The van der Waals surface area contributed by atoms with Crippen molar-refractivity contribution in [3.05, 3.63) is 289 Å². The van der Waals surface area contributed by atoms with Gasteiger partial charge in [-0.1, -0.05) is 192 Å². The molecule has 12 rings (SSSR count). The van der Waals surface area contributed by atoms with E-state index in [1.807, 2.05) is 91.0 Å². The van der Waals surface area contributed by atoms with Crippen LogP contribution in [0, 0.1) is 0 Å². The summed E-state index contributed by atoms with van der Waals surface area (Å²) in [6.45, 7) is 4.86. The topological polar surface area (TPSA) is 303 Å². The Bertz CT molecular complexity index is 4400. The molecular formula is C86H90Cl2N4O22. The molecule has 26 nitrogen and oxygen atoms in total. The van der Waals surface area contributed by atoms with Crippen molar-refractivity contribution >= 4 is 58.9 Å². The van der Waals surface area contributed by atoms with Gasteiger partial charge in [-0.05, 0) is 120 Å². The first-order valence-electron chi connectivity index (χ1n) is 37.6. The predicted molar refractivity (Wildman–Crippen MR) is 414 cm³/mol. The van der Waals surface area contributed by atoms with Crippen molar-refractivity contribution < 1.29 is 104 Å². The van der Waals surface area contributed by atoms with Gasteiger partial charge in [-0.25, -0.2) is 14.4 Å². The smallest absolute Gasteiger partial charge is 0.411 e. The van der Waals surface area contributed by atoms with Crippen LogP contribution in [-0.4, -0.2) is 160 Å². The van der Waals surface area contributed by atoms with E-state index in [2.05, 4.69) is 15.3 Å². The molecule has 600 valence electrons. The van der Waals surface area contributed by atoms with Gasteiger partial charge in [0.25, 0.3) is 0 Å². The van der Waals surface area contributed by atoms with Gasteiger partial charge in [-0.3, -0.25) is 14.9 Å². The van der Waals surface area contributed by atoms with Crippen LogP contribution in [-0.2, 0) is 130 Å². The van der Waals surface area contributed by atoms with Crippen molar-refractivity contribution in [3.63, 3.8) is 0 Å². The van der Waals surface area contributed by atoms with E-state index in [0.717, 1.165) is 22.3 Å². The maximum absolute atomic E-state index is 13.9. The van der Waals surface area contributed by atoms with Crippen molar-refractivity contribution in [3.8, 4) is 0 Å². The molecule has 0 aliphatic carbocycles. The molecule has 0 saturated carbocycles. The van der Waals surface area contributed by atoms with Crippen LogP contribution in [0.15, 0.2) is 230 Å². The van der Waals surface area contributed by atoms with Crippen LogP contribution < -0.4 is 5.32 Å². The van der Waals surface area contributed by atoms with Crippen molar-refractivity contribution in [2.45, 2.75) is 191 Å². The highest BCUT2D eigenvalue weighted by molar-refractivity contribution is 6.30. The van der Waals surface area contributed by atoms with Crippen LogP contribution in [0.1, 0.15) is 94.6 Å². The number of carbonyl (C=O) groups is 5. The lowest BCUT2D eigenvalue weighted by Crippen LogP contribution is -2.67. The molecule has 0 bridgehead atoms. The minimum Gasteiger partial charge on any atom is -0.463 e. The molecule has 8 aromatic carbocycles. The standard InChI is InChI=1S/C86H90Cl2N4O22/c1-53-68(108-80(95)63-26-16-8-17-27-63)44-70(101-47-61-30-36-65(87)37-31-61)82(105-53)112-75-72(51-98-46-58-20-10-5-11-21-58)110-84(99-43-42-57-34-40-67(41-35-57)90-86(97)104-50-60-24-14-7-15-25-60)74(91-92-89)77(75)113-85-79(78(103-49-59-22-12-6-13-23-59)76(107-56(4)94)73(111-85)52-100-55(3)93)114-83-71(102-48-62-32-38-66(88)39-33-62)45-69(54(2)106-83)109-81(96)64-28-18-9-19-29-64/h5-41,53-54,68-79,82-85H,42-52H2,1-4H3,(H,90,97)/t53-,54-,68-,69-,70-,71-,72+,73+,74+,75+,76-,77+,78-,79+,82-,83-,84-,85-/m0/s1. The lowest BCUT2D eigenvalue weighted by molar-refractivity contribution is -0.390. The third kappa shape index (κ3) is 24.2. The number of ether oxygens (including phenoxy) is 17. The van der Waals surface area contributed by atoms with Gasteiger partial charge in [0.1, 0.15) is 80.3 Å². The lowest BCUT2D eigenvalue weighted by Gasteiger charge is -2.51. The second-order valence-electron chi connectivity index (χ2n) is 27.7. The highest BCUT2D eigenvalue weighted by Crippen LogP contribution is 2.41. The Balaban J connectivity index is 0.951. The van der Waals surface area contributed by atoms with Crippen molar-refractivity contribution in [1.82, 2.24) is 0 Å². The van der Waals surface area contributed by atoms with Crippen LogP contribution >= 0.6 is 23.2 Å². The molecule has 4 heterocycles. The van der Waals surface area contributed by atoms with Crippen LogP contribution in [0.5, 0.6) is 0 Å². The Kier molecular flexibility index (Phi) is 30.9. The van der Waals surface area contributed by atoms with E-state index in [4.69, 9.17) is 104 Å². The lowest BCUT2D eigenvalue weighted by atomic mass is 9.94. The maximum atomic E-state index is 13.9. The largest absolute Gasteiger partial charge is 0.463 e. The summed E-state index contributed by atoms with van der Waals surface area (Å²) >= 11 is 12.8. The van der Waals surface area contributed by atoms with Gasteiger partial charge >= 0.3 is 30.0 Å². The Hall–Kier alpha value is -9.68. The van der Waals surface area contributed by atoms with Gasteiger partial charge in [-0.2, -0.15) is 0 Å². The van der Waals surface area contributed by atoms with E-state index in [-0.39, 0.29) is 65.5 Å². The number of azide groups is 1. The average Bonchev–Trinajstić information content (AvgIpc) is 0.758. The molecule has 1 N–H and O–H groups in total. The highest BCUT2D eigenvalue weighted by atomic mass is 35.5. The van der Waals surface area contributed by atoms with Gasteiger partial charge in [0, 0.05) is 47.3 Å². The van der Waals surface area contributed by atoms with E-state index in [1.165, 1.54) is 13.8 Å². The molecule has 28 heteroatoms. The number of rotatable bonds is 34. The van der Waals surface area contributed by atoms with Crippen molar-refractivity contribution in [2.75, 3.05) is 25.1 Å². The third-order valence-corrected chi connectivity index (χ3v) is 19.9. The summed E-state index contributed by atoms with van der Waals surface area (Å²) in [5, 5.41) is 8.19. The quantitative estimate of drug-likeness (QED) is 0.0129. The fourth-order valence-corrected chi connectivity index (χ4v) is 13.7. The Labute approximate surface area is 670 Å². The molecule has 0 radical (unpaired) electrons. The summed E-state index contributed by atoms with van der Waals surface area (Å²) in [4.78, 5) is 71.0. The monoisotopic (exact) mass is 1600 g/mol. The molecule has 0 unspecified atom stereocenters. The first kappa shape index (κ1) is 83.7. The number of hydrogen-bond donors (Lipinski definition) is 1. The fourth-order valence-electron chi connectivity index (χ4n) is 13.5. The van der Waals surface area contributed by atoms with Crippen LogP contribution in [0.3, 0.4) is 0 Å². The number of esters is 4. The first-order chi connectivity index (χ1) is 55.4. The van der Waals surface area contributed by atoms with Crippen molar-refractivity contribution in [1.29, 1.82) is 0 Å². The summed E-state index contributed by atoms with van der Waals surface area (Å²) in [5.41, 5.74) is 16.6. The molecule has 4 fully saturated rings. The zero-order valence-electron chi connectivity index (χ0n) is 63.1. The Morgan fingerprint density at radius 3 is 1.39 bits per heavy atom. The number of carbonyl (C=O) groups excluding carboxylic acids is 5.